The molecule has 0 bridgehead atoms. The number of rotatable bonds is 4. The third kappa shape index (κ3) is 3.16. The Morgan fingerprint density at radius 2 is 1.80 bits per heavy atom. The number of carbonyl (C=O) groups is 2. The van der Waals surface area contributed by atoms with Crippen LogP contribution >= 0.6 is 0 Å². The van der Waals surface area contributed by atoms with Gasteiger partial charge in [0.25, 0.3) is 0 Å². The van der Waals surface area contributed by atoms with Crippen molar-refractivity contribution in [1.29, 1.82) is 0 Å². The molecule has 0 aliphatic heterocycles. The van der Waals surface area contributed by atoms with Crippen LogP contribution in [0.1, 0.15) is 29.8 Å². The van der Waals surface area contributed by atoms with E-state index >= 15 is 0 Å². The lowest BCUT2D eigenvalue weighted by Crippen LogP contribution is -2.44. The van der Waals surface area contributed by atoms with E-state index in [1.165, 1.54) is 26.0 Å². The summed E-state index contributed by atoms with van der Waals surface area (Å²) in [5.74, 6) is -1.97. The molecule has 7 heteroatoms. The number of sulfone groups is 1. The van der Waals surface area contributed by atoms with Crippen molar-refractivity contribution in [2.45, 2.75) is 25.5 Å². The smallest absolute Gasteiger partial charge is 0.337 e. The van der Waals surface area contributed by atoms with Gasteiger partial charge in [0.1, 0.15) is 4.75 Å². The lowest BCUT2D eigenvalue weighted by atomic mass is 10.1. The van der Waals surface area contributed by atoms with Gasteiger partial charge < -0.3 is 10.4 Å². The number of hydrogen-bond donors (Lipinski definition) is 2. The van der Waals surface area contributed by atoms with Crippen LogP contribution in [0.4, 0.5) is 5.69 Å². The van der Waals surface area contributed by atoms with Crippen molar-refractivity contribution < 1.29 is 23.1 Å². The molecule has 0 saturated carbocycles. The quantitative estimate of drug-likeness (QED) is 0.876. The van der Waals surface area contributed by atoms with Gasteiger partial charge in [-0.2, -0.15) is 0 Å². The number of aryl methyl sites for hydroxylation is 1. The van der Waals surface area contributed by atoms with Gasteiger partial charge in [-0.15, -0.1) is 0 Å². The number of anilines is 1. The summed E-state index contributed by atoms with van der Waals surface area (Å²) in [6.45, 7) is 4.26. The lowest BCUT2D eigenvalue weighted by Gasteiger charge is -2.22. The van der Waals surface area contributed by atoms with E-state index in [2.05, 4.69) is 5.32 Å². The molecule has 0 atom stereocenters. The summed E-state index contributed by atoms with van der Waals surface area (Å²) in [5, 5.41) is 11.5. The molecule has 6 nitrogen and oxygen atoms in total. The van der Waals surface area contributed by atoms with Crippen LogP contribution < -0.4 is 5.32 Å². The molecular formula is C13H17NO5S. The van der Waals surface area contributed by atoms with E-state index in [9.17, 15) is 18.0 Å². The second kappa shape index (κ2) is 5.24. The van der Waals surface area contributed by atoms with E-state index in [1.807, 2.05) is 0 Å². The minimum atomic E-state index is -3.62. The highest BCUT2D eigenvalue weighted by Crippen LogP contribution is 2.22. The van der Waals surface area contributed by atoms with Gasteiger partial charge in [-0.25, -0.2) is 13.2 Å². The lowest BCUT2D eigenvalue weighted by molar-refractivity contribution is -0.117. The predicted octanol–water partition coefficient (Wildman–Crippen LogP) is 1.45. The summed E-state index contributed by atoms with van der Waals surface area (Å²) in [6, 6.07) is 4.48. The SMILES string of the molecule is Cc1ccc(NC(=O)C(C)(C)S(C)(=O)=O)c(C(=O)O)c1. The summed E-state index contributed by atoms with van der Waals surface area (Å²) in [6.07, 6.45) is 0.958. The number of carboxylic acid groups (broad SMARTS) is 1. The van der Waals surface area contributed by atoms with Crippen molar-refractivity contribution >= 4 is 27.4 Å². The number of hydrogen-bond acceptors (Lipinski definition) is 4. The maximum atomic E-state index is 12.1. The topological polar surface area (TPSA) is 101 Å². The minimum absolute atomic E-state index is 0.0739. The van der Waals surface area contributed by atoms with E-state index in [1.54, 1.807) is 13.0 Å². The Balaban J connectivity index is 3.18. The fourth-order valence-corrected chi connectivity index (χ4v) is 1.77. The van der Waals surface area contributed by atoms with Crippen LogP contribution in [-0.4, -0.2) is 36.4 Å². The van der Waals surface area contributed by atoms with Crippen LogP contribution in [0.15, 0.2) is 18.2 Å². The second-order valence-electron chi connectivity index (χ2n) is 5.09. The van der Waals surface area contributed by atoms with Crippen LogP contribution in [0.5, 0.6) is 0 Å². The Hall–Kier alpha value is -1.89. The molecule has 0 heterocycles. The molecule has 2 N–H and O–H groups in total. The highest BCUT2D eigenvalue weighted by Gasteiger charge is 2.38. The predicted molar refractivity (Wildman–Crippen MR) is 75.7 cm³/mol. The minimum Gasteiger partial charge on any atom is -0.478 e. The normalized spacial score (nSPS) is 12.0. The Morgan fingerprint density at radius 3 is 2.25 bits per heavy atom. The zero-order chi connectivity index (χ0) is 15.7. The molecule has 20 heavy (non-hydrogen) atoms. The molecule has 1 aromatic rings. The summed E-state index contributed by atoms with van der Waals surface area (Å²) in [4.78, 5) is 23.2. The average Bonchev–Trinajstić information content (AvgIpc) is 2.29. The molecule has 1 amide bonds. The molecule has 0 unspecified atom stereocenters. The monoisotopic (exact) mass is 299 g/mol. The number of aromatic carboxylic acids is 1. The first-order chi connectivity index (χ1) is 8.96. The van der Waals surface area contributed by atoms with Gasteiger partial charge in [-0.05, 0) is 32.9 Å². The summed E-state index contributed by atoms with van der Waals surface area (Å²) in [7, 11) is -3.62. The second-order valence-corrected chi connectivity index (χ2v) is 7.66. The fourth-order valence-electron chi connectivity index (χ4n) is 1.39. The molecule has 1 aromatic carbocycles. The van der Waals surface area contributed by atoms with E-state index in [0.717, 1.165) is 11.8 Å². The Bertz CT molecular complexity index is 661. The Morgan fingerprint density at radius 1 is 1.25 bits per heavy atom. The number of nitrogens with one attached hydrogen (secondary N) is 1. The molecule has 0 aliphatic rings. The van der Waals surface area contributed by atoms with Gasteiger partial charge in [-0.3, -0.25) is 4.79 Å². The number of amides is 1. The summed E-state index contributed by atoms with van der Waals surface area (Å²) < 4.78 is 21.5. The van der Waals surface area contributed by atoms with Crippen LogP contribution in [-0.2, 0) is 14.6 Å². The van der Waals surface area contributed by atoms with E-state index in [-0.39, 0.29) is 11.3 Å². The number of benzene rings is 1. The van der Waals surface area contributed by atoms with E-state index < -0.39 is 26.5 Å². The van der Waals surface area contributed by atoms with Gasteiger partial charge in [-0.1, -0.05) is 11.6 Å². The Kier molecular flexibility index (Phi) is 4.24. The van der Waals surface area contributed by atoms with Crippen LogP contribution in [0, 0.1) is 6.92 Å². The molecule has 1 rings (SSSR count). The van der Waals surface area contributed by atoms with Crippen molar-refractivity contribution in [3.63, 3.8) is 0 Å². The molecule has 110 valence electrons. The van der Waals surface area contributed by atoms with Crippen LogP contribution in [0.3, 0.4) is 0 Å². The van der Waals surface area contributed by atoms with Crippen molar-refractivity contribution in [3.05, 3.63) is 29.3 Å². The maximum Gasteiger partial charge on any atom is 0.337 e. The van der Waals surface area contributed by atoms with E-state index in [4.69, 9.17) is 5.11 Å². The Labute approximate surface area is 117 Å². The van der Waals surface area contributed by atoms with Crippen LogP contribution in [0.25, 0.3) is 0 Å². The fraction of sp³-hybridized carbons (Fsp3) is 0.385. The van der Waals surface area contributed by atoms with Gasteiger partial charge in [0, 0.05) is 6.26 Å². The molecule has 0 spiro atoms. The summed E-state index contributed by atoms with van der Waals surface area (Å²) in [5.41, 5.74) is 0.718. The standard InChI is InChI=1S/C13H17NO5S/c1-8-5-6-10(9(7-8)11(15)16)14-12(17)13(2,3)20(4,18)19/h5-7H,1-4H3,(H,14,17)(H,15,16). The van der Waals surface area contributed by atoms with Gasteiger partial charge in [0.2, 0.25) is 5.91 Å². The summed E-state index contributed by atoms with van der Waals surface area (Å²) >= 11 is 0. The first-order valence-electron chi connectivity index (χ1n) is 5.82. The van der Waals surface area contributed by atoms with Gasteiger partial charge in [0.05, 0.1) is 11.3 Å². The third-order valence-electron chi connectivity index (χ3n) is 3.13. The molecule has 0 radical (unpaired) electrons. The molecule has 0 aliphatic carbocycles. The molecule has 0 saturated heterocycles. The first kappa shape index (κ1) is 16.2. The zero-order valence-electron chi connectivity index (χ0n) is 11.7. The maximum absolute atomic E-state index is 12.1. The highest BCUT2D eigenvalue weighted by atomic mass is 32.2. The van der Waals surface area contributed by atoms with Crippen molar-refractivity contribution in [2.24, 2.45) is 0 Å². The van der Waals surface area contributed by atoms with Crippen LogP contribution in [0.2, 0.25) is 0 Å². The molecule has 0 fully saturated rings. The van der Waals surface area contributed by atoms with Crippen molar-refractivity contribution in [1.82, 2.24) is 0 Å². The van der Waals surface area contributed by atoms with Crippen molar-refractivity contribution in [3.8, 4) is 0 Å². The highest BCUT2D eigenvalue weighted by molar-refractivity contribution is 7.92. The molecule has 0 aromatic heterocycles. The first-order valence-corrected chi connectivity index (χ1v) is 7.71. The third-order valence-corrected chi connectivity index (χ3v) is 5.17. The number of carboxylic acids is 1. The largest absolute Gasteiger partial charge is 0.478 e. The average molecular weight is 299 g/mol. The van der Waals surface area contributed by atoms with Gasteiger partial charge in [0.15, 0.2) is 9.84 Å². The van der Waals surface area contributed by atoms with E-state index in [0.29, 0.717) is 0 Å². The van der Waals surface area contributed by atoms with Crippen molar-refractivity contribution in [2.75, 3.05) is 11.6 Å². The zero-order valence-corrected chi connectivity index (χ0v) is 12.5. The molecular weight excluding hydrogens is 282 g/mol. The van der Waals surface area contributed by atoms with Gasteiger partial charge >= 0.3 is 5.97 Å². The number of carbonyl (C=O) groups excluding carboxylic acids is 1.